The van der Waals surface area contributed by atoms with Crippen molar-refractivity contribution in [3.05, 3.63) is 64.8 Å². The summed E-state index contributed by atoms with van der Waals surface area (Å²) in [4.78, 5) is 16.6. The molecule has 1 amide bonds. The molecular weight excluding hydrogens is 425 g/mol. The van der Waals surface area contributed by atoms with E-state index in [-0.39, 0.29) is 17.6 Å². The fourth-order valence-corrected chi connectivity index (χ4v) is 3.06. The second-order valence-electron chi connectivity index (χ2n) is 6.49. The minimum Gasteiger partial charge on any atom is -0.491 e. The summed E-state index contributed by atoms with van der Waals surface area (Å²) in [5.74, 6) is 0.748. The summed E-state index contributed by atoms with van der Waals surface area (Å²) >= 11 is 6.22. The molecule has 1 heterocycles. The van der Waals surface area contributed by atoms with Gasteiger partial charge in [0.25, 0.3) is 0 Å². The first-order valence-corrected chi connectivity index (χ1v) is 9.87. The van der Waals surface area contributed by atoms with Crippen LogP contribution >= 0.6 is 11.6 Å². The zero-order valence-electron chi connectivity index (χ0n) is 17.2. The number of aromatic nitrogens is 2. The van der Waals surface area contributed by atoms with Crippen molar-refractivity contribution in [1.29, 1.82) is 0 Å². The molecule has 1 atom stereocenters. The van der Waals surface area contributed by atoms with Gasteiger partial charge in [0.2, 0.25) is 17.6 Å². The zero-order valence-corrected chi connectivity index (χ0v) is 17.9. The van der Waals surface area contributed by atoms with Crippen LogP contribution in [0.1, 0.15) is 31.3 Å². The van der Waals surface area contributed by atoms with Crippen LogP contribution in [0.4, 0.5) is 4.39 Å². The summed E-state index contributed by atoms with van der Waals surface area (Å²) in [6.45, 7) is 4.01. The fourth-order valence-electron chi connectivity index (χ4n) is 2.77. The van der Waals surface area contributed by atoms with E-state index in [0.717, 1.165) is 0 Å². The van der Waals surface area contributed by atoms with Crippen molar-refractivity contribution in [2.75, 3.05) is 13.7 Å². The zero-order chi connectivity index (χ0) is 22.4. The quantitative estimate of drug-likeness (QED) is 0.500. The van der Waals surface area contributed by atoms with Gasteiger partial charge in [-0.25, -0.2) is 4.39 Å². The molecule has 0 aliphatic heterocycles. The first kappa shape index (κ1) is 22.3. The first-order valence-electron chi connectivity index (χ1n) is 9.49. The highest BCUT2D eigenvalue weighted by atomic mass is 35.5. The molecule has 162 valence electrons. The van der Waals surface area contributed by atoms with Crippen molar-refractivity contribution < 1.29 is 23.2 Å². The number of nitrogens with zero attached hydrogens (tertiary/aromatic N) is 2. The summed E-state index contributed by atoms with van der Waals surface area (Å²) in [6.07, 6.45) is 2.97. The Labute approximate surface area is 183 Å². The average molecular weight is 446 g/mol. The summed E-state index contributed by atoms with van der Waals surface area (Å²) in [6, 6.07) is 8.58. The van der Waals surface area contributed by atoms with E-state index in [2.05, 4.69) is 15.5 Å². The van der Waals surface area contributed by atoms with Gasteiger partial charge in [-0.1, -0.05) is 16.8 Å². The maximum absolute atomic E-state index is 13.1. The first-order chi connectivity index (χ1) is 14.9. The predicted octanol–water partition coefficient (Wildman–Crippen LogP) is 4.83. The Morgan fingerprint density at radius 1 is 1.32 bits per heavy atom. The number of amides is 1. The fraction of sp³-hybridized carbons (Fsp3) is 0.227. The van der Waals surface area contributed by atoms with Crippen molar-refractivity contribution in [2.24, 2.45) is 0 Å². The highest BCUT2D eigenvalue weighted by molar-refractivity contribution is 6.32. The Balaban J connectivity index is 1.67. The van der Waals surface area contributed by atoms with Gasteiger partial charge in [-0.15, -0.1) is 0 Å². The van der Waals surface area contributed by atoms with Crippen molar-refractivity contribution >= 4 is 23.6 Å². The molecule has 3 aromatic rings. The highest BCUT2D eigenvalue weighted by Gasteiger charge is 2.17. The lowest BCUT2D eigenvalue weighted by Gasteiger charge is -2.12. The Kier molecular flexibility index (Phi) is 7.25. The van der Waals surface area contributed by atoms with Gasteiger partial charge in [0.1, 0.15) is 11.9 Å². The van der Waals surface area contributed by atoms with Crippen molar-refractivity contribution in [2.45, 2.75) is 19.9 Å². The molecule has 31 heavy (non-hydrogen) atoms. The van der Waals surface area contributed by atoms with Gasteiger partial charge in [-0.05, 0) is 61.9 Å². The molecule has 0 radical (unpaired) electrons. The Morgan fingerprint density at radius 3 is 2.74 bits per heavy atom. The second kappa shape index (κ2) is 10.1. The summed E-state index contributed by atoms with van der Waals surface area (Å²) in [5.41, 5.74) is 1.28. The lowest BCUT2D eigenvalue weighted by molar-refractivity contribution is -0.117. The van der Waals surface area contributed by atoms with Crippen molar-refractivity contribution in [1.82, 2.24) is 15.5 Å². The SMILES string of the molecule is CCOc1cc(/C=C/C(=O)NC(C)c2nc(-c3ccc(F)cc3)no2)cc(Cl)c1OC. The average Bonchev–Trinajstić information content (AvgIpc) is 3.23. The van der Waals surface area contributed by atoms with E-state index in [4.69, 9.17) is 25.6 Å². The number of hydrogen-bond acceptors (Lipinski definition) is 6. The summed E-state index contributed by atoms with van der Waals surface area (Å²) in [5, 5.41) is 7.00. The summed E-state index contributed by atoms with van der Waals surface area (Å²) < 4.78 is 29.1. The highest BCUT2D eigenvalue weighted by Crippen LogP contribution is 2.36. The molecule has 0 bridgehead atoms. The van der Waals surface area contributed by atoms with Gasteiger partial charge in [0, 0.05) is 11.6 Å². The maximum atomic E-state index is 13.1. The number of ether oxygens (including phenoxy) is 2. The largest absolute Gasteiger partial charge is 0.491 e. The molecule has 0 aliphatic carbocycles. The lowest BCUT2D eigenvalue weighted by Crippen LogP contribution is -2.24. The number of methoxy groups -OCH3 is 1. The number of nitrogens with one attached hydrogen (secondary N) is 1. The van der Waals surface area contributed by atoms with Crippen LogP contribution in [0.2, 0.25) is 5.02 Å². The van der Waals surface area contributed by atoms with Crippen LogP contribution in [0.3, 0.4) is 0 Å². The molecular formula is C22H21ClFN3O4. The smallest absolute Gasteiger partial charge is 0.249 e. The normalized spacial score (nSPS) is 12.0. The molecule has 3 rings (SSSR count). The van der Waals surface area contributed by atoms with Gasteiger partial charge >= 0.3 is 0 Å². The molecule has 1 aromatic heterocycles. The van der Waals surface area contributed by atoms with Gasteiger partial charge in [0.05, 0.1) is 18.7 Å². The third kappa shape index (κ3) is 5.61. The van der Waals surface area contributed by atoms with E-state index in [1.54, 1.807) is 37.3 Å². The molecule has 0 saturated carbocycles. The van der Waals surface area contributed by atoms with Crippen LogP contribution < -0.4 is 14.8 Å². The van der Waals surface area contributed by atoms with Crippen LogP contribution in [-0.2, 0) is 4.79 Å². The van der Waals surface area contributed by atoms with Crippen LogP contribution in [0.5, 0.6) is 11.5 Å². The van der Waals surface area contributed by atoms with Crippen molar-refractivity contribution in [3.63, 3.8) is 0 Å². The third-order valence-electron chi connectivity index (χ3n) is 4.24. The van der Waals surface area contributed by atoms with Crippen LogP contribution in [0.15, 0.2) is 47.0 Å². The predicted molar refractivity (Wildman–Crippen MR) is 114 cm³/mol. The minimum absolute atomic E-state index is 0.229. The van der Waals surface area contributed by atoms with Gasteiger partial charge in [0.15, 0.2) is 11.5 Å². The van der Waals surface area contributed by atoms with Crippen LogP contribution in [-0.4, -0.2) is 29.8 Å². The van der Waals surface area contributed by atoms with E-state index in [1.807, 2.05) is 6.92 Å². The standard InChI is InChI=1S/C22H21ClFN3O4/c1-4-30-18-12-14(11-17(23)20(18)29-3)5-10-19(28)25-13(2)22-26-21(27-31-22)15-6-8-16(24)9-7-15/h5-13H,4H2,1-3H3,(H,25,28)/b10-5+. The number of hydrogen-bond donors (Lipinski definition) is 1. The number of carbonyl (C=O) groups excluding carboxylic acids is 1. The summed E-state index contributed by atoms with van der Waals surface area (Å²) in [7, 11) is 1.51. The number of benzene rings is 2. The van der Waals surface area contributed by atoms with Gasteiger partial charge < -0.3 is 19.3 Å². The lowest BCUT2D eigenvalue weighted by atomic mass is 10.2. The molecule has 0 fully saturated rings. The van der Waals surface area contributed by atoms with Crippen LogP contribution in [0.25, 0.3) is 17.5 Å². The second-order valence-corrected chi connectivity index (χ2v) is 6.90. The molecule has 9 heteroatoms. The van der Waals surface area contributed by atoms with E-state index < -0.39 is 6.04 Å². The molecule has 1 N–H and O–H groups in total. The monoisotopic (exact) mass is 445 g/mol. The molecule has 1 unspecified atom stereocenters. The van der Waals surface area contributed by atoms with Crippen molar-refractivity contribution in [3.8, 4) is 22.9 Å². The Bertz CT molecular complexity index is 1080. The third-order valence-corrected chi connectivity index (χ3v) is 4.52. The minimum atomic E-state index is -0.530. The van der Waals surface area contributed by atoms with Crippen LogP contribution in [0, 0.1) is 5.82 Å². The van der Waals surface area contributed by atoms with E-state index in [1.165, 1.54) is 25.3 Å². The van der Waals surface area contributed by atoms with Gasteiger partial charge in [-0.3, -0.25) is 4.79 Å². The molecule has 0 aliphatic rings. The molecule has 7 nitrogen and oxygen atoms in total. The van der Waals surface area contributed by atoms with E-state index in [0.29, 0.717) is 40.1 Å². The Morgan fingerprint density at radius 2 is 2.06 bits per heavy atom. The molecule has 2 aromatic carbocycles. The number of carbonyl (C=O) groups is 1. The maximum Gasteiger partial charge on any atom is 0.249 e. The Hall–Kier alpha value is -3.39. The van der Waals surface area contributed by atoms with E-state index in [9.17, 15) is 9.18 Å². The van der Waals surface area contributed by atoms with Gasteiger partial charge in [-0.2, -0.15) is 4.98 Å². The molecule has 0 spiro atoms. The molecule has 0 saturated heterocycles. The number of rotatable bonds is 8. The van der Waals surface area contributed by atoms with E-state index >= 15 is 0 Å². The number of halogens is 2. The topological polar surface area (TPSA) is 86.5 Å².